The summed E-state index contributed by atoms with van der Waals surface area (Å²) in [5.41, 5.74) is 2.66. The van der Waals surface area contributed by atoms with Crippen LogP contribution >= 0.6 is 0 Å². The Morgan fingerprint density at radius 1 is 0.905 bits per heavy atom. The first kappa shape index (κ1) is 18.2. The Morgan fingerprint density at radius 3 is 2.24 bits per heavy atom. The lowest BCUT2D eigenvalue weighted by atomic mass is 10.0. The van der Waals surface area contributed by atoms with Crippen LogP contribution in [0.4, 0.5) is 0 Å². The van der Waals surface area contributed by atoms with Gasteiger partial charge in [0.15, 0.2) is 0 Å². The van der Waals surface area contributed by atoms with Crippen LogP contribution in [-0.4, -0.2) is 11.2 Å². The minimum Gasteiger partial charge on any atom is -0.393 e. The van der Waals surface area contributed by atoms with Gasteiger partial charge in [-0.2, -0.15) is 0 Å². The van der Waals surface area contributed by atoms with E-state index in [2.05, 4.69) is 38.1 Å². The number of unbranched alkanes of at least 4 members (excludes halogenated alkanes) is 7. The second-order valence-electron chi connectivity index (χ2n) is 6.45. The van der Waals surface area contributed by atoms with E-state index in [0.29, 0.717) is 0 Å². The SMILES string of the molecule is CCCCCCCCCCC(O)CCc1cccc(C)c1. The van der Waals surface area contributed by atoms with E-state index in [1.807, 2.05) is 0 Å². The molecule has 1 N–H and O–H groups in total. The zero-order chi connectivity index (χ0) is 15.3. The molecule has 1 unspecified atom stereocenters. The molecule has 0 amide bonds. The summed E-state index contributed by atoms with van der Waals surface area (Å²) in [6, 6.07) is 8.62. The summed E-state index contributed by atoms with van der Waals surface area (Å²) < 4.78 is 0. The molecule has 1 aromatic carbocycles. The highest BCUT2D eigenvalue weighted by Gasteiger charge is 2.04. The van der Waals surface area contributed by atoms with Gasteiger partial charge in [-0.3, -0.25) is 0 Å². The number of aryl methyl sites for hydroxylation is 2. The van der Waals surface area contributed by atoms with E-state index < -0.39 is 0 Å². The summed E-state index contributed by atoms with van der Waals surface area (Å²) in [5, 5.41) is 10.1. The molecule has 1 nitrogen and oxygen atoms in total. The molecule has 0 fully saturated rings. The molecule has 0 saturated carbocycles. The second-order valence-corrected chi connectivity index (χ2v) is 6.45. The van der Waals surface area contributed by atoms with Gasteiger partial charge in [-0.05, 0) is 31.7 Å². The smallest absolute Gasteiger partial charge is 0.0543 e. The molecule has 0 aliphatic carbocycles. The number of hydrogen-bond acceptors (Lipinski definition) is 1. The van der Waals surface area contributed by atoms with Gasteiger partial charge in [0.2, 0.25) is 0 Å². The average molecular weight is 290 g/mol. The molecule has 0 radical (unpaired) electrons. The highest BCUT2D eigenvalue weighted by Crippen LogP contribution is 2.14. The fourth-order valence-electron chi connectivity index (χ4n) is 2.86. The number of aliphatic hydroxyl groups is 1. The summed E-state index contributed by atoms with van der Waals surface area (Å²) in [6.07, 6.45) is 13.4. The normalized spacial score (nSPS) is 12.5. The number of rotatable bonds is 12. The van der Waals surface area contributed by atoms with Crippen molar-refractivity contribution in [2.24, 2.45) is 0 Å². The summed E-state index contributed by atoms with van der Waals surface area (Å²) >= 11 is 0. The third-order valence-electron chi connectivity index (χ3n) is 4.24. The van der Waals surface area contributed by atoms with Crippen LogP contribution in [-0.2, 0) is 6.42 Å². The van der Waals surface area contributed by atoms with Crippen LogP contribution in [0.25, 0.3) is 0 Å². The molecule has 1 atom stereocenters. The molecule has 0 heterocycles. The Labute approximate surface area is 131 Å². The monoisotopic (exact) mass is 290 g/mol. The third-order valence-corrected chi connectivity index (χ3v) is 4.24. The Bertz CT molecular complexity index is 359. The van der Waals surface area contributed by atoms with Crippen LogP contribution in [0.15, 0.2) is 24.3 Å². The molecular formula is C20H34O. The van der Waals surface area contributed by atoms with Gasteiger partial charge in [-0.25, -0.2) is 0 Å². The zero-order valence-corrected chi connectivity index (χ0v) is 14.1. The fourth-order valence-corrected chi connectivity index (χ4v) is 2.86. The Hall–Kier alpha value is -0.820. The first-order chi connectivity index (χ1) is 10.2. The Kier molecular flexibility index (Phi) is 10.2. The van der Waals surface area contributed by atoms with Crippen molar-refractivity contribution in [3.05, 3.63) is 35.4 Å². The van der Waals surface area contributed by atoms with Gasteiger partial charge in [-0.15, -0.1) is 0 Å². The first-order valence-electron chi connectivity index (χ1n) is 8.96. The van der Waals surface area contributed by atoms with Gasteiger partial charge in [0, 0.05) is 0 Å². The third kappa shape index (κ3) is 9.68. The first-order valence-corrected chi connectivity index (χ1v) is 8.96. The maximum Gasteiger partial charge on any atom is 0.0543 e. The van der Waals surface area contributed by atoms with Gasteiger partial charge in [0.1, 0.15) is 0 Å². The van der Waals surface area contributed by atoms with E-state index in [1.54, 1.807) is 0 Å². The lowest BCUT2D eigenvalue weighted by Gasteiger charge is -2.10. The maximum absolute atomic E-state index is 10.1. The maximum atomic E-state index is 10.1. The van der Waals surface area contributed by atoms with Crippen molar-refractivity contribution in [1.82, 2.24) is 0 Å². The Morgan fingerprint density at radius 2 is 1.57 bits per heavy atom. The van der Waals surface area contributed by atoms with E-state index in [9.17, 15) is 5.11 Å². The van der Waals surface area contributed by atoms with Crippen LogP contribution < -0.4 is 0 Å². The summed E-state index contributed by atoms with van der Waals surface area (Å²) in [7, 11) is 0. The fraction of sp³-hybridized carbons (Fsp3) is 0.700. The van der Waals surface area contributed by atoms with Crippen LogP contribution in [0.1, 0.15) is 82.3 Å². The van der Waals surface area contributed by atoms with Crippen LogP contribution in [0, 0.1) is 6.92 Å². The molecule has 120 valence electrons. The topological polar surface area (TPSA) is 20.2 Å². The molecule has 21 heavy (non-hydrogen) atoms. The van der Waals surface area contributed by atoms with Crippen molar-refractivity contribution >= 4 is 0 Å². The molecule has 0 spiro atoms. The van der Waals surface area contributed by atoms with Crippen molar-refractivity contribution in [2.45, 2.75) is 90.6 Å². The second kappa shape index (κ2) is 11.8. The van der Waals surface area contributed by atoms with E-state index in [-0.39, 0.29) is 6.10 Å². The van der Waals surface area contributed by atoms with Crippen molar-refractivity contribution in [3.63, 3.8) is 0 Å². The lowest BCUT2D eigenvalue weighted by Crippen LogP contribution is -2.07. The van der Waals surface area contributed by atoms with E-state index in [1.165, 1.54) is 62.5 Å². The summed E-state index contributed by atoms with van der Waals surface area (Å²) in [6.45, 7) is 4.39. The molecule has 0 saturated heterocycles. The molecular weight excluding hydrogens is 256 g/mol. The highest BCUT2D eigenvalue weighted by atomic mass is 16.3. The van der Waals surface area contributed by atoms with Crippen LogP contribution in [0.3, 0.4) is 0 Å². The largest absolute Gasteiger partial charge is 0.393 e. The highest BCUT2D eigenvalue weighted by molar-refractivity contribution is 5.22. The standard InChI is InChI=1S/C20H34O/c1-3-4-5-6-7-8-9-10-14-20(21)16-15-19-13-11-12-18(2)17-19/h11-13,17,20-21H,3-10,14-16H2,1-2H3. The van der Waals surface area contributed by atoms with Crippen molar-refractivity contribution in [2.75, 3.05) is 0 Å². The number of hydrogen-bond donors (Lipinski definition) is 1. The van der Waals surface area contributed by atoms with Gasteiger partial charge >= 0.3 is 0 Å². The van der Waals surface area contributed by atoms with Gasteiger partial charge in [-0.1, -0.05) is 88.1 Å². The number of aliphatic hydroxyl groups excluding tert-OH is 1. The molecule has 0 bridgehead atoms. The van der Waals surface area contributed by atoms with Crippen molar-refractivity contribution < 1.29 is 5.11 Å². The molecule has 1 aromatic rings. The van der Waals surface area contributed by atoms with Crippen molar-refractivity contribution in [1.29, 1.82) is 0 Å². The van der Waals surface area contributed by atoms with Crippen molar-refractivity contribution in [3.8, 4) is 0 Å². The van der Waals surface area contributed by atoms with Crippen LogP contribution in [0.5, 0.6) is 0 Å². The van der Waals surface area contributed by atoms with Gasteiger partial charge in [0.05, 0.1) is 6.10 Å². The Balaban J connectivity index is 1.97. The van der Waals surface area contributed by atoms with Gasteiger partial charge < -0.3 is 5.11 Å². The molecule has 0 aromatic heterocycles. The minimum absolute atomic E-state index is 0.120. The van der Waals surface area contributed by atoms with E-state index in [4.69, 9.17) is 0 Å². The summed E-state index contributed by atoms with van der Waals surface area (Å²) in [4.78, 5) is 0. The molecule has 1 rings (SSSR count). The molecule has 0 aliphatic heterocycles. The number of benzene rings is 1. The zero-order valence-electron chi connectivity index (χ0n) is 14.1. The molecule has 1 heteroatoms. The molecule has 0 aliphatic rings. The van der Waals surface area contributed by atoms with E-state index in [0.717, 1.165) is 19.3 Å². The predicted octanol–water partition coefficient (Wildman–Crippen LogP) is 5.82. The summed E-state index contributed by atoms with van der Waals surface area (Å²) in [5.74, 6) is 0. The average Bonchev–Trinajstić information content (AvgIpc) is 2.48. The van der Waals surface area contributed by atoms with Gasteiger partial charge in [0.25, 0.3) is 0 Å². The quantitative estimate of drug-likeness (QED) is 0.481. The predicted molar refractivity (Wildman–Crippen MR) is 92.7 cm³/mol. The van der Waals surface area contributed by atoms with Crippen LogP contribution in [0.2, 0.25) is 0 Å². The minimum atomic E-state index is -0.120. The lowest BCUT2D eigenvalue weighted by molar-refractivity contribution is 0.151. The van der Waals surface area contributed by atoms with E-state index >= 15 is 0 Å².